The maximum absolute atomic E-state index is 11.2. The molecule has 0 spiro atoms. The Balaban J connectivity index is 2.38. The largest absolute Gasteiger partial charge is 0.460 e. The number of hydrogen-bond acceptors (Lipinski definition) is 3. The standard InChI is InChI=1S/C10H12BrNO2/c1-8(12-11)10(13)14-7-9-5-3-2-4-6-9/h2-6,8,12H,7H2,1H3/t8-/m0/s1. The summed E-state index contributed by atoms with van der Waals surface area (Å²) in [4.78, 5) is 11.2. The Morgan fingerprint density at radius 2 is 2.14 bits per heavy atom. The Hall–Kier alpha value is -0.870. The zero-order valence-electron chi connectivity index (χ0n) is 7.87. The predicted molar refractivity (Wildman–Crippen MR) is 57.8 cm³/mol. The zero-order chi connectivity index (χ0) is 10.4. The van der Waals surface area contributed by atoms with Crippen molar-refractivity contribution in [2.75, 3.05) is 0 Å². The molecule has 0 radical (unpaired) electrons. The first-order valence-electron chi connectivity index (χ1n) is 4.30. The van der Waals surface area contributed by atoms with Crippen LogP contribution in [0.3, 0.4) is 0 Å². The van der Waals surface area contributed by atoms with Crippen molar-refractivity contribution >= 4 is 22.1 Å². The van der Waals surface area contributed by atoms with Gasteiger partial charge in [0, 0.05) is 16.1 Å². The summed E-state index contributed by atoms with van der Waals surface area (Å²) < 4.78 is 7.69. The highest BCUT2D eigenvalue weighted by molar-refractivity contribution is 9.08. The molecule has 0 unspecified atom stereocenters. The molecule has 1 aromatic carbocycles. The molecule has 0 fully saturated rings. The SMILES string of the molecule is C[C@H](NBr)C(=O)OCc1ccccc1. The van der Waals surface area contributed by atoms with Crippen LogP contribution in [-0.4, -0.2) is 12.0 Å². The lowest BCUT2D eigenvalue weighted by Crippen LogP contribution is -2.28. The van der Waals surface area contributed by atoms with E-state index in [1.165, 1.54) is 0 Å². The Morgan fingerprint density at radius 1 is 1.50 bits per heavy atom. The summed E-state index contributed by atoms with van der Waals surface area (Å²) >= 11 is 2.99. The quantitative estimate of drug-likeness (QED) is 0.663. The summed E-state index contributed by atoms with van der Waals surface area (Å²) in [6, 6.07) is 9.25. The van der Waals surface area contributed by atoms with E-state index in [4.69, 9.17) is 4.74 Å². The second-order valence-electron chi connectivity index (χ2n) is 2.92. The number of halogens is 1. The van der Waals surface area contributed by atoms with Crippen LogP contribution in [0.15, 0.2) is 30.3 Å². The number of carbonyl (C=O) groups excluding carboxylic acids is 1. The molecule has 1 N–H and O–H groups in total. The molecule has 0 aliphatic rings. The Morgan fingerprint density at radius 3 is 2.71 bits per heavy atom. The molecule has 0 saturated heterocycles. The molecule has 0 aliphatic carbocycles. The van der Waals surface area contributed by atoms with Gasteiger partial charge in [-0.3, -0.25) is 4.79 Å². The van der Waals surface area contributed by atoms with Crippen molar-refractivity contribution in [3.8, 4) is 0 Å². The average Bonchev–Trinajstić information content (AvgIpc) is 2.26. The minimum absolute atomic E-state index is 0.272. The van der Waals surface area contributed by atoms with E-state index in [1.807, 2.05) is 30.3 Å². The highest BCUT2D eigenvalue weighted by Crippen LogP contribution is 2.01. The van der Waals surface area contributed by atoms with Crippen LogP contribution in [0.4, 0.5) is 0 Å². The van der Waals surface area contributed by atoms with Crippen molar-refractivity contribution in [2.24, 2.45) is 0 Å². The van der Waals surface area contributed by atoms with Crippen molar-refractivity contribution in [1.82, 2.24) is 4.34 Å². The van der Waals surface area contributed by atoms with Gasteiger partial charge in [0.1, 0.15) is 12.6 Å². The minimum Gasteiger partial charge on any atom is -0.460 e. The van der Waals surface area contributed by atoms with Crippen LogP contribution in [0.1, 0.15) is 12.5 Å². The number of ether oxygens (including phenoxy) is 1. The van der Waals surface area contributed by atoms with Crippen molar-refractivity contribution < 1.29 is 9.53 Å². The predicted octanol–water partition coefficient (Wildman–Crippen LogP) is 2.02. The summed E-state index contributed by atoms with van der Waals surface area (Å²) in [5.41, 5.74) is 0.989. The molecule has 1 aromatic rings. The van der Waals surface area contributed by atoms with Gasteiger partial charge in [0.05, 0.1) is 0 Å². The Kier molecular flexibility index (Phi) is 4.62. The van der Waals surface area contributed by atoms with Gasteiger partial charge in [0.15, 0.2) is 0 Å². The summed E-state index contributed by atoms with van der Waals surface area (Å²) in [6.07, 6.45) is 0. The van der Waals surface area contributed by atoms with E-state index in [0.29, 0.717) is 6.61 Å². The van der Waals surface area contributed by atoms with Crippen molar-refractivity contribution in [3.05, 3.63) is 35.9 Å². The summed E-state index contributed by atoms with van der Waals surface area (Å²) in [5, 5.41) is 0. The monoisotopic (exact) mass is 257 g/mol. The van der Waals surface area contributed by atoms with Gasteiger partial charge in [-0.2, -0.15) is 0 Å². The van der Waals surface area contributed by atoms with E-state index in [0.717, 1.165) is 5.56 Å². The average molecular weight is 258 g/mol. The smallest absolute Gasteiger partial charge is 0.324 e. The molecule has 0 amide bonds. The summed E-state index contributed by atoms with van der Waals surface area (Å²) in [6.45, 7) is 2.04. The van der Waals surface area contributed by atoms with E-state index >= 15 is 0 Å². The van der Waals surface area contributed by atoms with Crippen LogP contribution in [0, 0.1) is 0 Å². The fourth-order valence-corrected chi connectivity index (χ4v) is 1.09. The number of rotatable bonds is 4. The van der Waals surface area contributed by atoms with Gasteiger partial charge in [0.25, 0.3) is 0 Å². The number of nitrogens with one attached hydrogen (secondary N) is 1. The molecule has 0 aliphatic heterocycles. The molecule has 14 heavy (non-hydrogen) atoms. The van der Waals surface area contributed by atoms with E-state index in [1.54, 1.807) is 6.92 Å². The normalized spacial score (nSPS) is 12.1. The first kappa shape index (κ1) is 11.2. The second kappa shape index (κ2) is 5.78. The van der Waals surface area contributed by atoms with Crippen molar-refractivity contribution in [3.63, 3.8) is 0 Å². The molecule has 1 atom stereocenters. The molecule has 0 bridgehead atoms. The molecule has 0 aromatic heterocycles. The van der Waals surface area contributed by atoms with Crippen molar-refractivity contribution in [1.29, 1.82) is 0 Å². The molecule has 4 heteroatoms. The van der Waals surface area contributed by atoms with Crippen molar-refractivity contribution in [2.45, 2.75) is 19.6 Å². The first-order valence-corrected chi connectivity index (χ1v) is 5.10. The molecular formula is C10H12BrNO2. The zero-order valence-corrected chi connectivity index (χ0v) is 9.45. The van der Waals surface area contributed by atoms with E-state index in [2.05, 4.69) is 20.5 Å². The third kappa shape index (κ3) is 3.47. The van der Waals surface area contributed by atoms with Crippen LogP contribution in [-0.2, 0) is 16.1 Å². The number of carbonyl (C=O) groups is 1. The van der Waals surface area contributed by atoms with E-state index in [-0.39, 0.29) is 12.0 Å². The number of hydrogen-bond donors (Lipinski definition) is 1. The Bertz CT molecular complexity index is 289. The van der Waals surface area contributed by atoms with Gasteiger partial charge in [-0.1, -0.05) is 30.3 Å². The fraction of sp³-hybridized carbons (Fsp3) is 0.300. The third-order valence-corrected chi connectivity index (χ3v) is 2.43. The fourth-order valence-electron chi connectivity index (χ4n) is 0.898. The van der Waals surface area contributed by atoms with Crippen LogP contribution in [0.25, 0.3) is 0 Å². The third-order valence-electron chi connectivity index (χ3n) is 1.74. The van der Waals surface area contributed by atoms with Gasteiger partial charge in [-0.05, 0) is 12.5 Å². The number of esters is 1. The molecule has 3 nitrogen and oxygen atoms in total. The lowest BCUT2D eigenvalue weighted by molar-refractivity contribution is -0.146. The topological polar surface area (TPSA) is 38.3 Å². The second-order valence-corrected chi connectivity index (χ2v) is 3.38. The highest BCUT2D eigenvalue weighted by Gasteiger charge is 2.11. The molecular weight excluding hydrogens is 246 g/mol. The van der Waals surface area contributed by atoms with Crippen LogP contribution >= 0.6 is 16.1 Å². The van der Waals surface area contributed by atoms with Gasteiger partial charge in [-0.15, -0.1) is 0 Å². The lowest BCUT2D eigenvalue weighted by Gasteiger charge is -2.08. The molecule has 0 heterocycles. The van der Waals surface area contributed by atoms with Crippen LogP contribution < -0.4 is 4.34 Å². The number of benzene rings is 1. The molecule has 76 valence electrons. The Labute approximate surface area is 91.8 Å². The first-order chi connectivity index (χ1) is 6.74. The van der Waals surface area contributed by atoms with Crippen LogP contribution in [0.2, 0.25) is 0 Å². The molecule has 1 rings (SSSR count). The maximum atomic E-state index is 11.2. The lowest BCUT2D eigenvalue weighted by atomic mass is 10.2. The van der Waals surface area contributed by atoms with Crippen LogP contribution in [0.5, 0.6) is 0 Å². The summed E-state index contributed by atoms with van der Waals surface area (Å²) in [5.74, 6) is -0.272. The molecule has 0 saturated carbocycles. The van der Waals surface area contributed by atoms with Gasteiger partial charge in [-0.25, -0.2) is 4.34 Å². The van der Waals surface area contributed by atoms with Gasteiger partial charge < -0.3 is 4.74 Å². The van der Waals surface area contributed by atoms with E-state index in [9.17, 15) is 4.79 Å². The summed E-state index contributed by atoms with van der Waals surface area (Å²) in [7, 11) is 0. The van der Waals surface area contributed by atoms with Gasteiger partial charge in [0.2, 0.25) is 0 Å². The highest BCUT2D eigenvalue weighted by atomic mass is 79.9. The van der Waals surface area contributed by atoms with E-state index < -0.39 is 0 Å². The minimum atomic E-state index is -0.335. The maximum Gasteiger partial charge on any atom is 0.324 e. The van der Waals surface area contributed by atoms with Gasteiger partial charge >= 0.3 is 5.97 Å².